The monoisotopic (exact) mass is 272 g/mol. The quantitative estimate of drug-likeness (QED) is 0.900. The van der Waals surface area contributed by atoms with Crippen LogP contribution in [-0.4, -0.2) is 17.6 Å². The Labute approximate surface area is 118 Å². The molecule has 1 heterocycles. The number of nitrogens with one attached hydrogen (secondary N) is 1. The average Bonchev–Trinajstić information content (AvgIpc) is 2.87. The van der Waals surface area contributed by atoms with Crippen LogP contribution in [0, 0.1) is 6.92 Å². The van der Waals surface area contributed by atoms with Gasteiger partial charge in [-0.3, -0.25) is 0 Å². The summed E-state index contributed by atoms with van der Waals surface area (Å²) in [7, 11) is 0. The second-order valence-electron chi connectivity index (χ2n) is 5.41. The first-order chi connectivity index (χ1) is 9.31. The molecule has 0 unspecified atom stereocenters. The number of rotatable bonds is 5. The average molecular weight is 272 g/mol. The van der Waals surface area contributed by atoms with Crippen molar-refractivity contribution in [2.24, 2.45) is 0 Å². The van der Waals surface area contributed by atoms with Gasteiger partial charge in [-0.05, 0) is 31.2 Å². The minimum atomic E-state index is 0.700. The standard InChI is InChI=1S/C16H20N2S/c1-12-2-4-13(5-3-12)14-10-15(11-14)17-7-6-16-18-8-9-19-16/h2-5,8-9,14-15,17H,6-7,10-11H2,1H3. The van der Waals surface area contributed by atoms with Gasteiger partial charge in [-0.15, -0.1) is 11.3 Å². The molecule has 1 aromatic heterocycles. The van der Waals surface area contributed by atoms with Crippen LogP contribution < -0.4 is 5.32 Å². The molecular weight excluding hydrogens is 252 g/mol. The van der Waals surface area contributed by atoms with Crippen molar-refractivity contribution in [1.29, 1.82) is 0 Å². The Balaban J connectivity index is 1.39. The summed E-state index contributed by atoms with van der Waals surface area (Å²) in [5.74, 6) is 0.762. The summed E-state index contributed by atoms with van der Waals surface area (Å²) in [6, 6.07) is 9.71. The molecule has 3 heteroatoms. The highest BCUT2D eigenvalue weighted by Crippen LogP contribution is 2.36. The number of benzene rings is 1. The lowest BCUT2D eigenvalue weighted by Gasteiger charge is -2.36. The predicted octanol–water partition coefficient (Wildman–Crippen LogP) is 3.53. The number of aryl methyl sites for hydroxylation is 1. The molecule has 1 aliphatic rings. The molecule has 0 amide bonds. The molecule has 0 atom stereocenters. The number of thiazole rings is 1. The predicted molar refractivity (Wildman–Crippen MR) is 80.8 cm³/mol. The maximum Gasteiger partial charge on any atom is 0.0937 e. The molecule has 1 fully saturated rings. The summed E-state index contributed by atoms with van der Waals surface area (Å²) >= 11 is 1.75. The van der Waals surface area contributed by atoms with E-state index in [2.05, 4.69) is 41.5 Å². The van der Waals surface area contributed by atoms with E-state index in [4.69, 9.17) is 0 Å². The molecule has 1 aliphatic carbocycles. The minimum Gasteiger partial charge on any atom is -0.314 e. The number of aromatic nitrogens is 1. The van der Waals surface area contributed by atoms with Crippen LogP contribution in [0.2, 0.25) is 0 Å². The van der Waals surface area contributed by atoms with Crippen LogP contribution in [0.3, 0.4) is 0 Å². The van der Waals surface area contributed by atoms with E-state index >= 15 is 0 Å². The van der Waals surface area contributed by atoms with Gasteiger partial charge in [0.15, 0.2) is 0 Å². The molecule has 0 radical (unpaired) electrons. The van der Waals surface area contributed by atoms with E-state index in [-0.39, 0.29) is 0 Å². The van der Waals surface area contributed by atoms with Gasteiger partial charge in [0.2, 0.25) is 0 Å². The van der Waals surface area contributed by atoms with E-state index < -0.39 is 0 Å². The molecule has 3 rings (SSSR count). The van der Waals surface area contributed by atoms with E-state index in [1.54, 1.807) is 11.3 Å². The molecule has 0 spiro atoms. The number of hydrogen-bond acceptors (Lipinski definition) is 3. The van der Waals surface area contributed by atoms with Crippen LogP contribution in [0.4, 0.5) is 0 Å². The van der Waals surface area contributed by atoms with Crippen molar-refractivity contribution in [2.75, 3.05) is 6.54 Å². The fraction of sp³-hybridized carbons (Fsp3) is 0.438. The highest BCUT2D eigenvalue weighted by Gasteiger charge is 2.29. The van der Waals surface area contributed by atoms with Crippen molar-refractivity contribution < 1.29 is 0 Å². The Hall–Kier alpha value is -1.19. The van der Waals surface area contributed by atoms with Gasteiger partial charge < -0.3 is 5.32 Å². The Kier molecular flexibility index (Phi) is 3.95. The number of nitrogens with zero attached hydrogens (tertiary/aromatic N) is 1. The van der Waals surface area contributed by atoms with Gasteiger partial charge in [-0.2, -0.15) is 0 Å². The lowest BCUT2D eigenvalue weighted by molar-refractivity contribution is 0.293. The molecule has 0 bridgehead atoms. The zero-order chi connectivity index (χ0) is 13.1. The molecule has 100 valence electrons. The first kappa shape index (κ1) is 12.8. The number of hydrogen-bond donors (Lipinski definition) is 1. The molecule has 1 aromatic carbocycles. The van der Waals surface area contributed by atoms with Crippen molar-refractivity contribution in [3.63, 3.8) is 0 Å². The lowest BCUT2D eigenvalue weighted by atomic mass is 9.76. The first-order valence-corrected chi connectivity index (χ1v) is 7.87. The molecule has 0 saturated heterocycles. The molecule has 2 aromatic rings. The van der Waals surface area contributed by atoms with E-state index in [9.17, 15) is 0 Å². The second-order valence-corrected chi connectivity index (χ2v) is 6.39. The van der Waals surface area contributed by atoms with Gasteiger partial charge in [-0.1, -0.05) is 29.8 Å². The fourth-order valence-electron chi connectivity index (χ4n) is 2.65. The van der Waals surface area contributed by atoms with E-state index in [1.807, 2.05) is 11.6 Å². The summed E-state index contributed by atoms with van der Waals surface area (Å²) in [5.41, 5.74) is 2.85. The fourth-order valence-corrected chi connectivity index (χ4v) is 3.28. The Morgan fingerprint density at radius 2 is 2.05 bits per heavy atom. The lowest BCUT2D eigenvalue weighted by Crippen LogP contribution is -2.40. The van der Waals surface area contributed by atoms with Crippen molar-refractivity contribution >= 4 is 11.3 Å². The highest BCUT2D eigenvalue weighted by molar-refractivity contribution is 7.09. The molecule has 2 nitrogen and oxygen atoms in total. The van der Waals surface area contributed by atoms with Gasteiger partial charge in [0, 0.05) is 30.6 Å². The van der Waals surface area contributed by atoms with Crippen molar-refractivity contribution in [2.45, 2.75) is 38.1 Å². The zero-order valence-electron chi connectivity index (χ0n) is 11.3. The SMILES string of the molecule is Cc1ccc(C2CC(NCCc3nccs3)C2)cc1. The minimum absolute atomic E-state index is 0.700. The highest BCUT2D eigenvalue weighted by atomic mass is 32.1. The van der Waals surface area contributed by atoms with Gasteiger partial charge in [-0.25, -0.2) is 4.98 Å². The van der Waals surface area contributed by atoms with E-state index in [1.165, 1.54) is 29.0 Å². The maximum absolute atomic E-state index is 4.31. The third-order valence-electron chi connectivity index (χ3n) is 3.94. The normalized spacial score (nSPS) is 22.2. The van der Waals surface area contributed by atoms with Crippen LogP contribution in [-0.2, 0) is 6.42 Å². The third-order valence-corrected chi connectivity index (χ3v) is 4.78. The maximum atomic E-state index is 4.31. The molecule has 19 heavy (non-hydrogen) atoms. The largest absolute Gasteiger partial charge is 0.314 e. The molecule has 1 N–H and O–H groups in total. The molecule has 0 aliphatic heterocycles. The van der Waals surface area contributed by atoms with Gasteiger partial charge in [0.1, 0.15) is 0 Å². The topological polar surface area (TPSA) is 24.9 Å². The van der Waals surface area contributed by atoms with Crippen LogP contribution in [0.1, 0.15) is 34.9 Å². The van der Waals surface area contributed by atoms with E-state index in [0.717, 1.165) is 18.9 Å². The molecule has 1 saturated carbocycles. The summed E-state index contributed by atoms with van der Waals surface area (Å²) < 4.78 is 0. The van der Waals surface area contributed by atoms with Gasteiger partial charge in [0.05, 0.1) is 5.01 Å². The van der Waals surface area contributed by atoms with Crippen molar-refractivity contribution in [3.8, 4) is 0 Å². The van der Waals surface area contributed by atoms with Crippen LogP contribution >= 0.6 is 11.3 Å². The summed E-state index contributed by atoms with van der Waals surface area (Å²) in [5, 5.41) is 6.92. The smallest absolute Gasteiger partial charge is 0.0937 e. The molecular formula is C16H20N2S. The van der Waals surface area contributed by atoms with Crippen molar-refractivity contribution in [3.05, 3.63) is 52.0 Å². The van der Waals surface area contributed by atoms with Crippen molar-refractivity contribution in [1.82, 2.24) is 10.3 Å². The summed E-state index contributed by atoms with van der Waals surface area (Å²) in [6.07, 6.45) is 5.50. The first-order valence-electron chi connectivity index (χ1n) is 6.99. The Bertz CT molecular complexity index is 498. The Morgan fingerprint density at radius 3 is 2.74 bits per heavy atom. The summed E-state index contributed by atoms with van der Waals surface area (Å²) in [6.45, 7) is 3.20. The van der Waals surface area contributed by atoms with Crippen LogP contribution in [0.5, 0.6) is 0 Å². The van der Waals surface area contributed by atoms with Gasteiger partial charge >= 0.3 is 0 Å². The van der Waals surface area contributed by atoms with E-state index in [0.29, 0.717) is 6.04 Å². The Morgan fingerprint density at radius 1 is 1.26 bits per heavy atom. The summed E-state index contributed by atoms with van der Waals surface area (Å²) in [4.78, 5) is 4.31. The van der Waals surface area contributed by atoms with Crippen LogP contribution in [0.25, 0.3) is 0 Å². The van der Waals surface area contributed by atoms with Gasteiger partial charge in [0.25, 0.3) is 0 Å². The second kappa shape index (κ2) is 5.85. The van der Waals surface area contributed by atoms with Crippen LogP contribution in [0.15, 0.2) is 35.8 Å². The zero-order valence-corrected chi connectivity index (χ0v) is 12.1. The third kappa shape index (κ3) is 3.23.